The van der Waals surface area contributed by atoms with Gasteiger partial charge in [-0.3, -0.25) is 0 Å². The van der Waals surface area contributed by atoms with Crippen LogP contribution in [0.1, 0.15) is 31.1 Å². The molecule has 86 valence electrons. The molecular weight excluding hydrogens is 198 g/mol. The molecule has 3 nitrogen and oxygen atoms in total. The molecule has 0 atom stereocenters. The van der Waals surface area contributed by atoms with Crippen molar-refractivity contribution >= 4 is 5.52 Å². The summed E-state index contributed by atoms with van der Waals surface area (Å²) in [5, 5.41) is 3.41. The Balaban J connectivity index is 2.43. The van der Waals surface area contributed by atoms with Crippen LogP contribution in [-0.2, 0) is 6.54 Å². The van der Waals surface area contributed by atoms with Crippen LogP contribution in [0.15, 0.2) is 18.2 Å². The topological polar surface area (TPSA) is 29.3 Å². The minimum atomic E-state index is 0.488. The Bertz CT molecular complexity index is 497. The van der Waals surface area contributed by atoms with Crippen LogP contribution in [-0.4, -0.2) is 15.4 Å². The van der Waals surface area contributed by atoms with Gasteiger partial charge in [0.25, 0.3) is 0 Å². The lowest BCUT2D eigenvalue weighted by Crippen LogP contribution is -2.22. The summed E-state index contributed by atoms with van der Waals surface area (Å²) in [6.07, 6.45) is 0. The SMILES string of the molecule is Cc1cccc2c(CNC(C)C)nc(C)n12. The number of pyridine rings is 1. The number of nitrogens with zero attached hydrogens (tertiary/aromatic N) is 2. The quantitative estimate of drug-likeness (QED) is 0.855. The van der Waals surface area contributed by atoms with Crippen molar-refractivity contribution in [1.29, 1.82) is 0 Å². The fourth-order valence-corrected chi connectivity index (χ4v) is 2.01. The van der Waals surface area contributed by atoms with Crippen LogP contribution in [0.2, 0.25) is 0 Å². The zero-order chi connectivity index (χ0) is 11.7. The predicted molar refractivity (Wildman–Crippen MR) is 66.6 cm³/mol. The fraction of sp³-hybridized carbons (Fsp3) is 0.462. The van der Waals surface area contributed by atoms with E-state index in [1.54, 1.807) is 0 Å². The second-order valence-corrected chi connectivity index (χ2v) is 4.53. The first-order valence-corrected chi connectivity index (χ1v) is 5.76. The highest BCUT2D eigenvalue weighted by molar-refractivity contribution is 5.54. The highest BCUT2D eigenvalue weighted by Gasteiger charge is 2.09. The molecule has 0 spiro atoms. The number of nitrogens with one attached hydrogen (secondary N) is 1. The van der Waals surface area contributed by atoms with Crippen LogP contribution in [0.4, 0.5) is 0 Å². The largest absolute Gasteiger partial charge is 0.309 e. The molecule has 0 saturated carbocycles. The second-order valence-electron chi connectivity index (χ2n) is 4.53. The molecular formula is C13H19N3. The van der Waals surface area contributed by atoms with E-state index < -0.39 is 0 Å². The van der Waals surface area contributed by atoms with E-state index in [1.807, 2.05) is 0 Å². The summed E-state index contributed by atoms with van der Waals surface area (Å²) in [5.41, 5.74) is 3.58. The van der Waals surface area contributed by atoms with E-state index in [1.165, 1.54) is 11.2 Å². The Kier molecular flexibility index (Phi) is 2.97. The maximum Gasteiger partial charge on any atom is 0.110 e. The van der Waals surface area contributed by atoms with E-state index in [4.69, 9.17) is 0 Å². The molecule has 0 saturated heterocycles. The van der Waals surface area contributed by atoms with Crippen LogP contribution < -0.4 is 5.32 Å². The summed E-state index contributed by atoms with van der Waals surface area (Å²) in [6, 6.07) is 6.82. The zero-order valence-corrected chi connectivity index (χ0v) is 10.4. The summed E-state index contributed by atoms with van der Waals surface area (Å²) in [4.78, 5) is 4.62. The third kappa shape index (κ3) is 1.95. The van der Waals surface area contributed by atoms with Gasteiger partial charge in [-0.1, -0.05) is 19.9 Å². The zero-order valence-electron chi connectivity index (χ0n) is 10.4. The first kappa shape index (κ1) is 11.1. The standard InChI is InChI=1S/C13H19N3/c1-9(2)14-8-12-13-7-5-6-10(3)16(13)11(4)15-12/h5-7,9,14H,8H2,1-4H3. The molecule has 0 aromatic carbocycles. The van der Waals surface area contributed by atoms with Gasteiger partial charge in [0.2, 0.25) is 0 Å². The molecule has 0 aliphatic carbocycles. The summed E-state index contributed by atoms with van der Waals surface area (Å²) < 4.78 is 2.21. The first-order valence-electron chi connectivity index (χ1n) is 5.76. The average molecular weight is 217 g/mol. The van der Waals surface area contributed by atoms with Crippen LogP contribution in [0, 0.1) is 13.8 Å². The fourth-order valence-electron chi connectivity index (χ4n) is 2.01. The molecule has 1 N–H and O–H groups in total. The third-order valence-electron chi connectivity index (χ3n) is 2.78. The number of aryl methyl sites for hydroxylation is 2. The molecule has 0 aliphatic heterocycles. The minimum absolute atomic E-state index is 0.488. The van der Waals surface area contributed by atoms with Crippen LogP contribution >= 0.6 is 0 Å². The Morgan fingerprint density at radius 3 is 2.75 bits per heavy atom. The van der Waals surface area contributed by atoms with Gasteiger partial charge in [0, 0.05) is 18.3 Å². The summed E-state index contributed by atoms with van der Waals surface area (Å²) >= 11 is 0. The van der Waals surface area contributed by atoms with Crippen molar-refractivity contribution < 1.29 is 0 Å². The van der Waals surface area contributed by atoms with Gasteiger partial charge in [-0.2, -0.15) is 0 Å². The maximum atomic E-state index is 4.62. The Labute approximate surface area is 96.5 Å². The molecule has 2 heterocycles. The highest BCUT2D eigenvalue weighted by atomic mass is 15.0. The lowest BCUT2D eigenvalue weighted by molar-refractivity contribution is 0.584. The van der Waals surface area contributed by atoms with Crippen molar-refractivity contribution in [3.8, 4) is 0 Å². The maximum absolute atomic E-state index is 4.62. The monoisotopic (exact) mass is 217 g/mol. The van der Waals surface area contributed by atoms with Gasteiger partial charge >= 0.3 is 0 Å². The molecule has 0 fully saturated rings. The lowest BCUT2D eigenvalue weighted by Gasteiger charge is -2.06. The molecule has 0 bridgehead atoms. The summed E-state index contributed by atoms with van der Waals surface area (Å²) in [6.45, 7) is 9.30. The molecule has 2 aromatic rings. The van der Waals surface area contributed by atoms with Crippen molar-refractivity contribution in [3.05, 3.63) is 35.4 Å². The second kappa shape index (κ2) is 4.26. The van der Waals surface area contributed by atoms with E-state index in [9.17, 15) is 0 Å². The molecule has 0 unspecified atom stereocenters. The number of hydrogen-bond donors (Lipinski definition) is 1. The van der Waals surface area contributed by atoms with Gasteiger partial charge in [0.1, 0.15) is 5.82 Å². The van der Waals surface area contributed by atoms with Gasteiger partial charge in [-0.25, -0.2) is 4.98 Å². The number of fused-ring (bicyclic) bond motifs is 1. The summed E-state index contributed by atoms with van der Waals surface area (Å²) in [7, 11) is 0. The van der Waals surface area contributed by atoms with E-state index in [0.29, 0.717) is 6.04 Å². The Morgan fingerprint density at radius 1 is 1.31 bits per heavy atom. The van der Waals surface area contributed by atoms with E-state index in [2.05, 4.69) is 60.6 Å². The van der Waals surface area contributed by atoms with Crippen molar-refractivity contribution in [2.75, 3.05) is 0 Å². The van der Waals surface area contributed by atoms with E-state index >= 15 is 0 Å². The number of imidazole rings is 1. The van der Waals surface area contributed by atoms with Crippen molar-refractivity contribution in [3.63, 3.8) is 0 Å². The highest BCUT2D eigenvalue weighted by Crippen LogP contribution is 2.15. The van der Waals surface area contributed by atoms with Gasteiger partial charge in [-0.15, -0.1) is 0 Å². The number of aromatic nitrogens is 2. The average Bonchev–Trinajstić information content (AvgIpc) is 2.54. The molecule has 0 radical (unpaired) electrons. The lowest BCUT2D eigenvalue weighted by atomic mass is 10.3. The first-order chi connectivity index (χ1) is 7.59. The van der Waals surface area contributed by atoms with Crippen molar-refractivity contribution in [1.82, 2.24) is 14.7 Å². The molecule has 3 heteroatoms. The molecule has 0 aliphatic rings. The molecule has 2 aromatic heterocycles. The molecule has 16 heavy (non-hydrogen) atoms. The normalized spacial score (nSPS) is 11.6. The smallest absolute Gasteiger partial charge is 0.110 e. The van der Waals surface area contributed by atoms with E-state index in [-0.39, 0.29) is 0 Å². The van der Waals surface area contributed by atoms with Crippen LogP contribution in [0.25, 0.3) is 5.52 Å². The molecule has 2 rings (SSSR count). The van der Waals surface area contributed by atoms with Gasteiger partial charge in [0.05, 0.1) is 11.2 Å². The van der Waals surface area contributed by atoms with E-state index in [0.717, 1.165) is 18.1 Å². The minimum Gasteiger partial charge on any atom is -0.309 e. The van der Waals surface area contributed by atoms with Gasteiger partial charge in [0.15, 0.2) is 0 Å². The predicted octanol–water partition coefficient (Wildman–Crippen LogP) is 2.45. The Morgan fingerprint density at radius 2 is 2.06 bits per heavy atom. The van der Waals surface area contributed by atoms with Crippen molar-refractivity contribution in [2.45, 2.75) is 40.3 Å². The van der Waals surface area contributed by atoms with Crippen LogP contribution in [0.5, 0.6) is 0 Å². The number of hydrogen-bond acceptors (Lipinski definition) is 2. The van der Waals surface area contributed by atoms with Gasteiger partial charge in [-0.05, 0) is 26.0 Å². The molecule has 0 amide bonds. The Hall–Kier alpha value is -1.35. The van der Waals surface area contributed by atoms with Crippen molar-refractivity contribution in [2.24, 2.45) is 0 Å². The van der Waals surface area contributed by atoms with Gasteiger partial charge < -0.3 is 9.72 Å². The van der Waals surface area contributed by atoms with Crippen LogP contribution in [0.3, 0.4) is 0 Å². The third-order valence-corrected chi connectivity index (χ3v) is 2.78. The number of rotatable bonds is 3. The summed E-state index contributed by atoms with van der Waals surface area (Å²) in [5.74, 6) is 1.06.